The number of Topliss-reactive ketones (excluding diaryl/α,β-unsaturated/α-hetero) is 1. The molecule has 4 heteroatoms. The van der Waals surface area contributed by atoms with Crippen LogP contribution in [0.1, 0.15) is 28.9 Å². The van der Waals surface area contributed by atoms with Crippen LogP contribution in [0.5, 0.6) is 0 Å². The Labute approximate surface area is 102 Å². The molecule has 0 aliphatic carbocycles. The van der Waals surface area contributed by atoms with Crippen molar-refractivity contribution in [1.29, 1.82) is 0 Å². The fourth-order valence-corrected chi connectivity index (χ4v) is 3.48. The average Bonchev–Trinajstić information content (AvgIpc) is 2.66. The number of hydrogen-bond acceptors (Lipinski definition) is 3. The van der Waals surface area contributed by atoms with Gasteiger partial charge in [-0.05, 0) is 59.2 Å². The second-order valence-corrected chi connectivity index (χ2v) is 5.69. The summed E-state index contributed by atoms with van der Waals surface area (Å²) in [6, 6.07) is 1.94. The van der Waals surface area contributed by atoms with Gasteiger partial charge in [0.15, 0.2) is 5.78 Å². The third-order valence-corrected chi connectivity index (χ3v) is 4.68. The van der Waals surface area contributed by atoms with Crippen LogP contribution < -0.4 is 5.32 Å². The van der Waals surface area contributed by atoms with Crippen molar-refractivity contribution in [3.8, 4) is 0 Å². The first kappa shape index (κ1) is 11.3. The summed E-state index contributed by atoms with van der Waals surface area (Å²) in [6.45, 7) is 2.12. The number of hydrogen-bond donors (Lipinski definition) is 1. The maximum absolute atomic E-state index is 12.0. The monoisotopic (exact) mass is 287 g/mol. The molecule has 0 amide bonds. The molecule has 1 aromatic rings. The Hall–Kier alpha value is -0.190. The van der Waals surface area contributed by atoms with Crippen molar-refractivity contribution in [2.24, 2.45) is 5.92 Å². The van der Waals surface area contributed by atoms with Crippen LogP contribution in [0.4, 0.5) is 0 Å². The molecule has 0 saturated carbocycles. The lowest BCUT2D eigenvalue weighted by Gasteiger charge is -2.21. The lowest BCUT2D eigenvalue weighted by Crippen LogP contribution is -2.28. The zero-order valence-corrected chi connectivity index (χ0v) is 10.9. The summed E-state index contributed by atoms with van der Waals surface area (Å²) < 4.78 is 0.950. The molecule has 15 heavy (non-hydrogen) atoms. The van der Waals surface area contributed by atoms with E-state index in [2.05, 4.69) is 21.2 Å². The molecule has 1 N–H and O–H groups in total. The molecule has 0 bridgehead atoms. The van der Waals surface area contributed by atoms with E-state index in [0.717, 1.165) is 35.3 Å². The van der Waals surface area contributed by atoms with E-state index in [-0.39, 0.29) is 0 Å². The maximum Gasteiger partial charge on any atom is 0.174 e. The largest absolute Gasteiger partial charge is 0.317 e. The van der Waals surface area contributed by atoms with Crippen molar-refractivity contribution in [3.05, 3.63) is 20.8 Å². The highest BCUT2D eigenvalue weighted by Crippen LogP contribution is 2.27. The van der Waals surface area contributed by atoms with Gasteiger partial charge in [-0.1, -0.05) is 0 Å². The molecule has 0 radical (unpaired) electrons. The van der Waals surface area contributed by atoms with E-state index in [1.807, 2.05) is 11.4 Å². The first-order valence-corrected chi connectivity index (χ1v) is 6.91. The van der Waals surface area contributed by atoms with Crippen LogP contribution in [0.25, 0.3) is 0 Å². The molecule has 2 nitrogen and oxygen atoms in total. The van der Waals surface area contributed by atoms with Crippen LogP contribution in [0.15, 0.2) is 15.9 Å². The Balaban J connectivity index is 1.94. The number of thiophene rings is 1. The molecule has 0 atom stereocenters. The molecule has 0 spiro atoms. The second kappa shape index (κ2) is 5.23. The smallest absolute Gasteiger partial charge is 0.174 e. The lowest BCUT2D eigenvalue weighted by molar-refractivity contribution is 0.0956. The quantitative estimate of drug-likeness (QED) is 0.866. The molecule has 1 aliphatic rings. The second-order valence-electron chi connectivity index (χ2n) is 3.92. The van der Waals surface area contributed by atoms with Gasteiger partial charge in [-0.3, -0.25) is 4.79 Å². The van der Waals surface area contributed by atoms with Crippen LogP contribution in [0.3, 0.4) is 0 Å². The van der Waals surface area contributed by atoms with E-state index in [1.165, 1.54) is 11.3 Å². The van der Waals surface area contributed by atoms with Crippen molar-refractivity contribution in [1.82, 2.24) is 5.32 Å². The lowest BCUT2D eigenvalue weighted by atomic mass is 9.92. The fraction of sp³-hybridized carbons (Fsp3) is 0.545. The van der Waals surface area contributed by atoms with E-state index >= 15 is 0 Å². The number of carbonyl (C=O) groups is 1. The number of piperidine rings is 1. The highest BCUT2D eigenvalue weighted by Gasteiger charge is 2.19. The minimum Gasteiger partial charge on any atom is -0.317 e. The Kier molecular flexibility index (Phi) is 3.94. The summed E-state index contributed by atoms with van der Waals surface area (Å²) in [5, 5.41) is 5.27. The average molecular weight is 288 g/mol. The molecular weight excluding hydrogens is 274 g/mol. The van der Waals surface area contributed by atoms with Crippen molar-refractivity contribution in [3.63, 3.8) is 0 Å². The van der Waals surface area contributed by atoms with Gasteiger partial charge < -0.3 is 5.32 Å². The molecule has 0 unspecified atom stereocenters. The molecule has 1 aliphatic heterocycles. The summed E-state index contributed by atoms with van der Waals surface area (Å²) in [7, 11) is 0. The van der Waals surface area contributed by atoms with E-state index in [4.69, 9.17) is 0 Å². The van der Waals surface area contributed by atoms with Gasteiger partial charge in [-0.2, -0.15) is 0 Å². The summed E-state index contributed by atoms with van der Waals surface area (Å²) in [5.74, 6) is 0.872. The molecular formula is C11H14BrNOS. The zero-order valence-electron chi connectivity index (χ0n) is 8.46. The molecule has 0 aromatic carbocycles. The van der Waals surface area contributed by atoms with Gasteiger partial charge in [0.1, 0.15) is 0 Å². The zero-order chi connectivity index (χ0) is 10.7. The standard InChI is InChI=1S/C11H14BrNOS/c12-9-3-6-15-11(9)10(14)7-8-1-4-13-5-2-8/h3,6,8,13H,1-2,4-5,7H2. The molecule has 1 aromatic heterocycles. The predicted octanol–water partition coefficient (Wildman–Crippen LogP) is 3.08. The van der Waals surface area contributed by atoms with Gasteiger partial charge in [0.25, 0.3) is 0 Å². The SMILES string of the molecule is O=C(CC1CCNCC1)c1sccc1Br. The number of nitrogens with one attached hydrogen (secondary N) is 1. The normalized spacial score (nSPS) is 17.9. The van der Waals surface area contributed by atoms with E-state index < -0.39 is 0 Å². The molecule has 2 rings (SSSR count). The van der Waals surface area contributed by atoms with Gasteiger partial charge in [-0.25, -0.2) is 0 Å². The number of halogens is 1. The Bertz CT molecular complexity index is 344. The minimum atomic E-state index is 0.295. The number of rotatable bonds is 3. The summed E-state index contributed by atoms with van der Waals surface area (Å²) >= 11 is 4.94. The molecule has 2 heterocycles. The molecule has 1 saturated heterocycles. The van der Waals surface area contributed by atoms with Crippen molar-refractivity contribution < 1.29 is 4.79 Å². The van der Waals surface area contributed by atoms with Crippen LogP contribution in [0, 0.1) is 5.92 Å². The van der Waals surface area contributed by atoms with Gasteiger partial charge in [0.2, 0.25) is 0 Å². The van der Waals surface area contributed by atoms with Crippen LogP contribution >= 0.6 is 27.3 Å². The van der Waals surface area contributed by atoms with E-state index in [0.29, 0.717) is 18.1 Å². The third-order valence-electron chi connectivity index (χ3n) is 2.80. The first-order valence-electron chi connectivity index (χ1n) is 5.24. The Morgan fingerprint density at radius 2 is 2.27 bits per heavy atom. The number of carbonyl (C=O) groups excluding carboxylic acids is 1. The fourth-order valence-electron chi connectivity index (χ4n) is 1.93. The highest BCUT2D eigenvalue weighted by molar-refractivity contribution is 9.10. The van der Waals surface area contributed by atoms with Crippen molar-refractivity contribution in [2.75, 3.05) is 13.1 Å². The van der Waals surface area contributed by atoms with Crippen molar-refractivity contribution >= 4 is 33.0 Å². The van der Waals surface area contributed by atoms with Gasteiger partial charge in [0, 0.05) is 10.9 Å². The van der Waals surface area contributed by atoms with Crippen molar-refractivity contribution in [2.45, 2.75) is 19.3 Å². The summed E-state index contributed by atoms with van der Waals surface area (Å²) in [4.78, 5) is 12.8. The Morgan fingerprint density at radius 1 is 1.53 bits per heavy atom. The van der Waals surface area contributed by atoms with Crippen LogP contribution in [-0.4, -0.2) is 18.9 Å². The predicted molar refractivity (Wildman–Crippen MR) is 66.6 cm³/mol. The molecule has 82 valence electrons. The summed E-state index contributed by atoms with van der Waals surface area (Å²) in [6.07, 6.45) is 2.98. The van der Waals surface area contributed by atoms with Gasteiger partial charge in [-0.15, -0.1) is 11.3 Å². The van der Waals surface area contributed by atoms with Gasteiger partial charge >= 0.3 is 0 Å². The third kappa shape index (κ3) is 2.89. The molecule has 1 fully saturated rings. The van der Waals surface area contributed by atoms with Crippen LogP contribution in [0.2, 0.25) is 0 Å². The minimum absolute atomic E-state index is 0.295. The summed E-state index contributed by atoms with van der Waals surface area (Å²) in [5.41, 5.74) is 0. The van der Waals surface area contributed by atoms with Gasteiger partial charge in [0.05, 0.1) is 4.88 Å². The maximum atomic E-state index is 12.0. The number of ketones is 1. The topological polar surface area (TPSA) is 29.1 Å². The Morgan fingerprint density at radius 3 is 2.87 bits per heavy atom. The van der Waals surface area contributed by atoms with E-state index in [9.17, 15) is 4.79 Å². The highest BCUT2D eigenvalue weighted by atomic mass is 79.9. The van der Waals surface area contributed by atoms with Crippen LogP contribution in [-0.2, 0) is 0 Å². The first-order chi connectivity index (χ1) is 7.27. The van der Waals surface area contributed by atoms with E-state index in [1.54, 1.807) is 0 Å².